The van der Waals surface area contributed by atoms with Crippen LogP contribution in [-0.2, 0) is 11.3 Å². The van der Waals surface area contributed by atoms with Gasteiger partial charge in [-0.15, -0.1) is 0 Å². The highest BCUT2D eigenvalue weighted by molar-refractivity contribution is 6.42. The molecule has 1 fully saturated rings. The molecule has 32 heavy (non-hydrogen) atoms. The van der Waals surface area contributed by atoms with Crippen molar-refractivity contribution in [2.45, 2.75) is 26.3 Å². The van der Waals surface area contributed by atoms with Crippen LogP contribution in [0.4, 0.5) is 5.82 Å². The topological polar surface area (TPSA) is 102 Å². The molecule has 0 spiro atoms. The van der Waals surface area contributed by atoms with Crippen molar-refractivity contribution in [2.24, 2.45) is 0 Å². The van der Waals surface area contributed by atoms with Crippen molar-refractivity contribution in [1.29, 1.82) is 0 Å². The van der Waals surface area contributed by atoms with Crippen LogP contribution in [0.2, 0.25) is 10.0 Å². The van der Waals surface area contributed by atoms with Gasteiger partial charge < -0.3 is 19.4 Å². The van der Waals surface area contributed by atoms with Crippen LogP contribution >= 0.6 is 23.2 Å². The van der Waals surface area contributed by atoms with Crippen molar-refractivity contribution >= 4 is 40.2 Å². The molecule has 0 bridgehead atoms. The summed E-state index contributed by atoms with van der Waals surface area (Å²) in [4.78, 5) is 39.0. The summed E-state index contributed by atoms with van der Waals surface area (Å²) in [6.07, 6.45) is 1.80. The largest absolute Gasteiger partial charge is 0.463 e. The lowest BCUT2D eigenvalue weighted by Crippen LogP contribution is -2.40. The summed E-state index contributed by atoms with van der Waals surface area (Å²) in [5.41, 5.74) is -0.124. The number of halogens is 2. The fraction of sp³-hybridized carbons (Fsp3) is 0.429. The van der Waals surface area contributed by atoms with Crippen molar-refractivity contribution in [3.63, 3.8) is 0 Å². The number of anilines is 1. The van der Waals surface area contributed by atoms with Gasteiger partial charge in [0, 0.05) is 13.1 Å². The van der Waals surface area contributed by atoms with Crippen molar-refractivity contribution in [3.05, 3.63) is 54.5 Å². The molecule has 3 heterocycles. The van der Waals surface area contributed by atoms with Crippen LogP contribution < -0.4 is 20.8 Å². The Morgan fingerprint density at radius 2 is 1.94 bits per heavy atom. The zero-order chi connectivity index (χ0) is 22.7. The first-order chi connectivity index (χ1) is 15.5. The minimum absolute atomic E-state index is 0.0874. The number of fused-ring (bicyclic) bond motifs is 1. The summed E-state index contributed by atoms with van der Waals surface area (Å²) < 4.78 is 12.5. The number of nitrogens with one attached hydrogen (secondary N) is 1. The number of ether oxygens (including phenoxy) is 2. The molecular formula is C21H23Cl2N5O4. The van der Waals surface area contributed by atoms with E-state index in [2.05, 4.69) is 21.9 Å². The number of aromatic amines is 1. The highest BCUT2D eigenvalue weighted by Crippen LogP contribution is 2.26. The van der Waals surface area contributed by atoms with E-state index in [9.17, 15) is 9.59 Å². The van der Waals surface area contributed by atoms with Gasteiger partial charge in [0.05, 0.1) is 36.4 Å². The molecule has 0 radical (unpaired) electrons. The molecule has 0 aliphatic carbocycles. The quantitative estimate of drug-likeness (QED) is 0.410. The Kier molecular flexibility index (Phi) is 6.98. The summed E-state index contributed by atoms with van der Waals surface area (Å²) in [5.74, 6) is 0.504. The van der Waals surface area contributed by atoms with Gasteiger partial charge in [-0.05, 0) is 24.1 Å². The molecule has 4 rings (SSSR count). The highest BCUT2D eigenvalue weighted by atomic mass is 35.5. The Hall–Kier alpha value is -2.62. The van der Waals surface area contributed by atoms with Gasteiger partial charge in [-0.3, -0.25) is 14.2 Å². The Morgan fingerprint density at radius 1 is 1.16 bits per heavy atom. The van der Waals surface area contributed by atoms with E-state index in [0.29, 0.717) is 59.9 Å². The van der Waals surface area contributed by atoms with Crippen LogP contribution in [0.3, 0.4) is 0 Å². The molecular weight excluding hydrogens is 457 g/mol. The van der Waals surface area contributed by atoms with Gasteiger partial charge in [-0.1, -0.05) is 42.6 Å². The van der Waals surface area contributed by atoms with Crippen LogP contribution in [0.15, 0.2) is 27.8 Å². The Labute approximate surface area is 193 Å². The molecule has 0 saturated carbocycles. The van der Waals surface area contributed by atoms with E-state index < -0.39 is 11.1 Å². The summed E-state index contributed by atoms with van der Waals surface area (Å²) in [7, 11) is 0. The van der Waals surface area contributed by atoms with Crippen molar-refractivity contribution in [1.82, 2.24) is 19.5 Å². The molecule has 1 saturated heterocycles. The number of hydrogen-bond acceptors (Lipinski definition) is 7. The van der Waals surface area contributed by atoms with Gasteiger partial charge in [0.2, 0.25) is 0 Å². The second-order valence-electron chi connectivity index (χ2n) is 7.42. The van der Waals surface area contributed by atoms with Gasteiger partial charge >= 0.3 is 17.1 Å². The molecule has 1 aliphatic heterocycles. The third-order valence-corrected chi connectivity index (χ3v) is 5.89. The lowest BCUT2D eigenvalue weighted by molar-refractivity contribution is 0.122. The van der Waals surface area contributed by atoms with E-state index >= 15 is 0 Å². The average Bonchev–Trinajstić information content (AvgIpc) is 2.80. The van der Waals surface area contributed by atoms with E-state index in [4.69, 9.17) is 32.7 Å². The lowest BCUT2D eigenvalue weighted by Gasteiger charge is -2.28. The molecule has 11 heteroatoms. The third kappa shape index (κ3) is 4.74. The molecule has 0 atom stereocenters. The van der Waals surface area contributed by atoms with E-state index in [1.807, 2.05) is 4.90 Å². The fourth-order valence-corrected chi connectivity index (χ4v) is 3.78. The molecule has 3 aromatic rings. The summed E-state index contributed by atoms with van der Waals surface area (Å²) in [6.45, 7) is 4.84. The van der Waals surface area contributed by atoms with Gasteiger partial charge in [-0.2, -0.15) is 9.97 Å². The summed E-state index contributed by atoms with van der Waals surface area (Å²) in [5, 5.41) is 0.764. The summed E-state index contributed by atoms with van der Waals surface area (Å²) in [6, 6.07) is 5.21. The normalized spacial score (nSPS) is 14.2. The van der Waals surface area contributed by atoms with Crippen LogP contribution in [0.25, 0.3) is 11.2 Å². The van der Waals surface area contributed by atoms with Gasteiger partial charge in [0.15, 0.2) is 11.5 Å². The maximum absolute atomic E-state index is 12.8. The number of nitrogens with zero attached hydrogens (tertiary/aromatic N) is 4. The molecule has 1 N–H and O–H groups in total. The molecule has 2 aromatic heterocycles. The SMILES string of the molecule is CCCCOc1nc(N2CCOCC2)c2[nH]c(=O)c(=O)n(Cc3ccc(Cl)c(Cl)c3)c2n1. The Balaban J connectivity index is 1.88. The van der Waals surface area contributed by atoms with E-state index in [1.54, 1.807) is 18.2 Å². The first-order valence-electron chi connectivity index (χ1n) is 10.4. The van der Waals surface area contributed by atoms with Gasteiger partial charge in [0.1, 0.15) is 5.52 Å². The van der Waals surface area contributed by atoms with E-state index in [-0.39, 0.29) is 18.2 Å². The minimum atomic E-state index is -0.754. The van der Waals surface area contributed by atoms with Crippen LogP contribution in [0.1, 0.15) is 25.3 Å². The summed E-state index contributed by atoms with van der Waals surface area (Å²) >= 11 is 12.2. The fourth-order valence-electron chi connectivity index (χ4n) is 3.45. The number of morpholine rings is 1. The van der Waals surface area contributed by atoms with Crippen molar-refractivity contribution in [3.8, 4) is 6.01 Å². The monoisotopic (exact) mass is 479 g/mol. The van der Waals surface area contributed by atoms with Gasteiger partial charge in [0.25, 0.3) is 0 Å². The molecule has 9 nitrogen and oxygen atoms in total. The zero-order valence-corrected chi connectivity index (χ0v) is 19.1. The number of aromatic nitrogens is 4. The van der Waals surface area contributed by atoms with Gasteiger partial charge in [-0.25, -0.2) is 0 Å². The molecule has 0 amide bonds. The Morgan fingerprint density at radius 3 is 2.66 bits per heavy atom. The molecule has 1 aliphatic rings. The first-order valence-corrected chi connectivity index (χ1v) is 11.2. The van der Waals surface area contributed by atoms with E-state index in [1.165, 1.54) is 4.57 Å². The zero-order valence-electron chi connectivity index (χ0n) is 17.6. The number of hydrogen-bond donors (Lipinski definition) is 1. The maximum atomic E-state index is 12.8. The lowest BCUT2D eigenvalue weighted by atomic mass is 10.2. The number of unbranched alkanes of at least 4 members (excludes halogenated alkanes) is 1. The Bertz CT molecular complexity index is 1240. The van der Waals surface area contributed by atoms with Crippen LogP contribution in [0, 0.1) is 0 Å². The molecule has 0 unspecified atom stereocenters. The predicted molar refractivity (Wildman–Crippen MR) is 123 cm³/mol. The predicted octanol–water partition coefficient (Wildman–Crippen LogP) is 2.85. The highest BCUT2D eigenvalue weighted by Gasteiger charge is 2.22. The third-order valence-electron chi connectivity index (χ3n) is 5.15. The molecule has 170 valence electrons. The minimum Gasteiger partial charge on any atom is -0.463 e. The number of H-pyrrole nitrogens is 1. The average molecular weight is 480 g/mol. The first kappa shape index (κ1) is 22.6. The second kappa shape index (κ2) is 9.89. The van der Waals surface area contributed by atoms with Crippen molar-refractivity contribution < 1.29 is 9.47 Å². The van der Waals surface area contributed by atoms with E-state index in [0.717, 1.165) is 12.8 Å². The number of benzene rings is 1. The second-order valence-corrected chi connectivity index (χ2v) is 8.24. The van der Waals surface area contributed by atoms with Crippen LogP contribution in [0.5, 0.6) is 6.01 Å². The smallest absolute Gasteiger partial charge is 0.320 e. The van der Waals surface area contributed by atoms with Crippen molar-refractivity contribution in [2.75, 3.05) is 37.8 Å². The molecule has 1 aromatic carbocycles. The maximum Gasteiger partial charge on any atom is 0.320 e. The standard InChI is InChI=1S/C21H23Cl2N5O4/c1-2-3-8-32-21-25-17(27-6-9-31-10-7-27)16-18(26-21)28(20(30)19(29)24-16)12-13-4-5-14(22)15(23)11-13/h4-5,11H,2-3,6-10,12H2,1H3,(H,24,29). The van der Waals surface area contributed by atoms with Crippen LogP contribution in [-0.4, -0.2) is 52.4 Å². The number of rotatable bonds is 7.